The minimum atomic E-state index is -0.695. The lowest BCUT2D eigenvalue weighted by Gasteiger charge is -2.49. The molecule has 0 amide bonds. The Kier molecular flexibility index (Phi) is 9.43. The topological polar surface area (TPSA) is 6.48 Å². The maximum Gasteiger partial charge on any atom is 0.0720 e. The molecule has 0 aliphatic heterocycles. The Bertz CT molecular complexity index is 4020. The molecule has 0 bridgehead atoms. The number of para-hydroxylation sites is 3. The first-order valence-corrected chi connectivity index (χ1v) is 25.7. The molecule has 0 heterocycles. The van der Waals surface area contributed by atoms with Gasteiger partial charge >= 0.3 is 0 Å². The van der Waals surface area contributed by atoms with Crippen LogP contribution in [0.15, 0.2) is 291 Å². The minimum Gasteiger partial charge on any atom is -0.310 e. The number of fused-ring (bicyclic) bond motifs is 17. The van der Waals surface area contributed by atoms with E-state index in [2.05, 4.69) is 301 Å². The van der Waals surface area contributed by atoms with Gasteiger partial charge in [0.05, 0.1) is 10.8 Å². The second kappa shape index (κ2) is 16.5. The van der Waals surface area contributed by atoms with Gasteiger partial charge in [-0.1, -0.05) is 212 Å². The number of nitrogens with zero attached hydrogens (tertiary/aromatic N) is 2. The predicted octanol–water partition coefficient (Wildman–Crippen LogP) is 18.5. The molecule has 0 aromatic heterocycles. The molecule has 2 heteroatoms. The third-order valence-corrected chi connectivity index (χ3v) is 16.3. The first-order valence-electron chi connectivity index (χ1n) is 25.7. The van der Waals surface area contributed by atoms with Gasteiger partial charge in [0.2, 0.25) is 0 Å². The quantitative estimate of drug-likeness (QED) is 0.157. The summed E-state index contributed by atoms with van der Waals surface area (Å²) in [6, 6.07) is 109. The summed E-state index contributed by atoms with van der Waals surface area (Å²) < 4.78 is 0. The van der Waals surface area contributed by atoms with Crippen LogP contribution >= 0.6 is 0 Å². The maximum atomic E-state index is 2.53. The van der Waals surface area contributed by atoms with Crippen LogP contribution in [0.4, 0.5) is 34.1 Å². The lowest BCUT2D eigenvalue weighted by molar-refractivity contribution is 0.633. The van der Waals surface area contributed by atoms with Gasteiger partial charge in [0.25, 0.3) is 0 Å². The lowest BCUT2D eigenvalue weighted by atomic mass is 9.52. The van der Waals surface area contributed by atoms with E-state index >= 15 is 0 Å². The first kappa shape index (κ1) is 42.2. The van der Waals surface area contributed by atoms with Crippen LogP contribution in [0.1, 0.15) is 44.5 Å². The molecule has 74 heavy (non-hydrogen) atoms. The summed E-state index contributed by atoms with van der Waals surface area (Å²) in [5.41, 5.74) is 23.4. The molecule has 0 unspecified atom stereocenters. The van der Waals surface area contributed by atoms with Gasteiger partial charge in [0, 0.05) is 34.1 Å². The van der Waals surface area contributed by atoms with E-state index in [-0.39, 0.29) is 0 Å². The Hall–Kier alpha value is -9.50. The zero-order valence-electron chi connectivity index (χ0n) is 40.6. The Balaban J connectivity index is 0.996. The van der Waals surface area contributed by atoms with Crippen LogP contribution in [0.25, 0.3) is 44.2 Å². The van der Waals surface area contributed by atoms with Gasteiger partial charge in [0.15, 0.2) is 0 Å². The zero-order valence-corrected chi connectivity index (χ0v) is 40.6. The average Bonchev–Trinajstić information content (AvgIpc) is 3.99. The largest absolute Gasteiger partial charge is 0.310 e. The summed E-state index contributed by atoms with van der Waals surface area (Å²) in [4.78, 5) is 4.80. The van der Waals surface area contributed by atoms with E-state index in [0.29, 0.717) is 0 Å². The van der Waals surface area contributed by atoms with Crippen molar-refractivity contribution < 1.29 is 0 Å². The molecule has 15 rings (SSSR count). The monoisotopic (exact) mass is 940 g/mol. The van der Waals surface area contributed by atoms with Gasteiger partial charge in [-0.3, -0.25) is 0 Å². The van der Waals surface area contributed by atoms with Crippen molar-refractivity contribution in [1.29, 1.82) is 0 Å². The van der Waals surface area contributed by atoms with Crippen molar-refractivity contribution in [2.24, 2.45) is 0 Å². The van der Waals surface area contributed by atoms with Gasteiger partial charge in [-0.25, -0.2) is 0 Å². The van der Waals surface area contributed by atoms with Crippen molar-refractivity contribution in [3.05, 3.63) is 336 Å². The predicted molar refractivity (Wildman–Crippen MR) is 307 cm³/mol. The van der Waals surface area contributed by atoms with E-state index in [1.807, 2.05) is 0 Å². The molecular weight excluding hydrogens is 893 g/mol. The highest BCUT2D eigenvalue weighted by atomic mass is 15.1. The molecule has 3 aliphatic rings. The van der Waals surface area contributed by atoms with Crippen LogP contribution in [-0.4, -0.2) is 0 Å². The Labute approximate surface area is 432 Å². The van der Waals surface area contributed by atoms with Gasteiger partial charge in [-0.15, -0.1) is 0 Å². The highest BCUT2D eigenvalue weighted by Crippen LogP contribution is 2.68. The number of hydrogen-bond donors (Lipinski definition) is 0. The van der Waals surface area contributed by atoms with Crippen molar-refractivity contribution in [3.63, 3.8) is 0 Å². The van der Waals surface area contributed by atoms with E-state index in [0.717, 1.165) is 39.7 Å². The fourth-order valence-corrected chi connectivity index (χ4v) is 13.4. The third kappa shape index (κ3) is 6.00. The average molecular weight is 941 g/mol. The smallest absolute Gasteiger partial charge is 0.0720 e. The van der Waals surface area contributed by atoms with E-state index in [1.54, 1.807) is 0 Å². The normalized spacial score (nSPS) is 13.6. The summed E-state index contributed by atoms with van der Waals surface area (Å²) in [7, 11) is 0. The molecule has 0 saturated carbocycles. The van der Waals surface area contributed by atoms with Crippen LogP contribution in [-0.2, 0) is 10.8 Å². The summed E-state index contributed by atoms with van der Waals surface area (Å²) in [6.07, 6.45) is 0. The summed E-state index contributed by atoms with van der Waals surface area (Å²) >= 11 is 0. The van der Waals surface area contributed by atoms with Crippen molar-refractivity contribution in [2.45, 2.75) is 10.8 Å². The molecule has 2 nitrogen and oxygen atoms in total. The lowest BCUT2D eigenvalue weighted by Crippen LogP contribution is -2.43. The van der Waals surface area contributed by atoms with Crippen LogP contribution in [0.2, 0.25) is 0 Å². The van der Waals surface area contributed by atoms with Gasteiger partial charge in [-0.2, -0.15) is 0 Å². The zero-order chi connectivity index (χ0) is 48.8. The molecule has 12 aromatic rings. The molecule has 346 valence electrons. The van der Waals surface area contributed by atoms with Crippen LogP contribution in [0.5, 0.6) is 0 Å². The van der Waals surface area contributed by atoms with Gasteiger partial charge in [0.1, 0.15) is 0 Å². The molecule has 0 N–H and O–H groups in total. The number of benzene rings is 12. The SMILES string of the molecule is c1ccc(N(c2ccccc2)c2ccc3c(c2)C2(c4cc(-c5cccc(N(c6ccccc6)c6ccc7ccccc7c6)c5)ccc4-3)c3ccccc3C3(c4ccccc4-c4ccccc43)c3ccccc32)cc1. The Morgan fingerprint density at radius 3 is 1.12 bits per heavy atom. The second-order valence-corrected chi connectivity index (χ2v) is 19.9. The molecule has 12 aromatic carbocycles. The Morgan fingerprint density at radius 2 is 0.554 bits per heavy atom. The Morgan fingerprint density at radius 1 is 0.189 bits per heavy atom. The summed E-state index contributed by atoms with van der Waals surface area (Å²) in [5.74, 6) is 0. The molecule has 0 saturated heterocycles. The van der Waals surface area contributed by atoms with Crippen LogP contribution in [0.3, 0.4) is 0 Å². The van der Waals surface area contributed by atoms with E-state index in [1.165, 1.54) is 83.1 Å². The van der Waals surface area contributed by atoms with E-state index < -0.39 is 10.8 Å². The first-order chi connectivity index (χ1) is 36.7. The van der Waals surface area contributed by atoms with Crippen molar-refractivity contribution >= 4 is 44.9 Å². The summed E-state index contributed by atoms with van der Waals surface area (Å²) in [6.45, 7) is 0. The standard InChI is InChI=1S/C72H48N2/c1-4-24-53(25-5-1)73(54-26-6-2-7-27-54)58-42-44-62-61-43-40-52(51-23-20-30-56(46-51)74(55-28-8-3-9-29-55)57-41-39-49-21-10-11-22-50(49)45-57)47-69(61)72(70(62)48-58)67-37-18-16-35-65(67)71(66-36-17-19-38-68(66)72)63-33-14-12-31-59(63)60-32-13-15-34-64(60)71/h1-48H. The van der Waals surface area contributed by atoms with Crippen molar-refractivity contribution in [1.82, 2.24) is 0 Å². The van der Waals surface area contributed by atoms with Gasteiger partial charge < -0.3 is 9.80 Å². The molecule has 0 fully saturated rings. The van der Waals surface area contributed by atoms with Crippen LogP contribution in [0, 0.1) is 0 Å². The third-order valence-electron chi connectivity index (χ3n) is 16.3. The fourth-order valence-electron chi connectivity index (χ4n) is 13.4. The minimum absolute atomic E-state index is 0.540. The molecular formula is C72H48N2. The second-order valence-electron chi connectivity index (χ2n) is 19.9. The number of rotatable bonds is 7. The van der Waals surface area contributed by atoms with E-state index in [4.69, 9.17) is 0 Å². The molecule has 3 aliphatic carbocycles. The molecule has 0 radical (unpaired) electrons. The molecule has 0 atom stereocenters. The van der Waals surface area contributed by atoms with Crippen LogP contribution < -0.4 is 9.80 Å². The highest BCUT2D eigenvalue weighted by molar-refractivity contribution is 5.96. The maximum absolute atomic E-state index is 2.53. The fraction of sp³-hybridized carbons (Fsp3) is 0.0278. The highest BCUT2D eigenvalue weighted by Gasteiger charge is 2.59. The van der Waals surface area contributed by atoms with Crippen molar-refractivity contribution in [2.75, 3.05) is 9.80 Å². The summed E-state index contributed by atoms with van der Waals surface area (Å²) in [5, 5.41) is 2.44. The van der Waals surface area contributed by atoms with E-state index in [9.17, 15) is 0 Å². The van der Waals surface area contributed by atoms with Gasteiger partial charge in [-0.05, 0) is 168 Å². The molecule has 2 spiro atoms. The number of hydrogen-bond acceptors (Lipinski definition) is 2. The van der Waals surface area contributed by atoms with Crippen molar-refractivity contribution in [3.8, 4) is 33.4 Å². The number of anilines is 6.